The molecule has 0 saturated carbocycles. The van der Waals surface area contributed by atoms with Gasteiger partial charge in [0.05, 0.1) is 12.5 Å². The zero-order valence-electron chi connectivity index (χ0n) is 18.0. The van der Waals surface area contributed by atoms with Crippen LogP contribution in [0.3, 0.4) is 0 Å². The summed E-state index contributed by atoms with van der Waals surface area (Å²) in [5.74, 6) is 0.0838. The summed E-state index contributed by atoms with van der Waals surface area (Å²) in [5, 5.41) is 5.55. The Morgan fingerprint density at radius 3 is 2.40 bits per heavy atom. The number of benzene rings is 3. The van der Waals surface area contributed by atoms with Crippen molar-refractivity contribution in [2.45, 2.75) is 25.3 Å². The number of likely N-dealkylation sites (tertiary alicyclic amines) is 1. The third-order valence-electron chi connectivity index (χ3n) is 6.10. The van der Waals surface area contributed by atoms with Crippen molar-refractivity contribution in [3.05, 3.63) is 77.9 Å². The largest absolute Gasteiger partial charge is 0.378 e. The Bertz CT molecular complexity index is 985. The molecule has 3 aromatic rings. The van der Waals surface area contributed by atoms with Crippen molar-refractivity contribution in [2.75, 3.05) is 38.6 Å². The summed E-state index contributed by atoms with van der Waals surface area (Å²) in [6.07, 6.45) is 2.88. The Morgan fingerprint density at radius 1 is 0.967 bits per heavy atom. The zero-order chi connectivity index (χ0) is 20.9. The van der Waals surface area contributed by atoms with Gasteiger partial charge in [0.25, 0.3) is 0 Å². The minimum Gasteiger partial charge on any atom is -0.378 e. The van der Waals surface area contributed by atoms with Crippen LogP contribution in [0.2, 0.25) is 0 Å². The first kappa shape index (κ1) is 20.4. The van der Waals surface area contributed by atoms with Crippen molar-refractivity contribution in [1.82, 2.24) is 10.2 Å². The summed E-state index contributed by atoms with van der Waals surface area (Å²) >= 11 is 0. The summed E-state index contributed by atoms with van der Waals surface area (Å²) in [6, 6.07) is 23.4. The normalized spacial score (nSPS) is 15.3. The summed E-state index contributed by atoms with van der Waals surface area (Å²) in [4.78, 5) is 17.4. The molecule has 1 heterocycles. The highest BCUT2D eigenvalue weighted by atomic mass is 16.1. The predicted molar refractivity (Wildman–Crippen MR) is 125 cm³/mol. The molecule has 3 aromatic carbocycles. The van der Waals surface area contributed by atoms with Crippen LogP contribution in [0.4, 0.5) is 5.69 Å². The molecule has 0 unspecified atom stereocenters. The number of hydrogen-bond acceptors (Lipinski definition) is 3. The van der Waals surface area contributed by atoms with Crippen molar-refractivity contribution in [2.24, 2.45) is 0 Å². The molecule has 0 aromatic heterocycles. The predicted octanol–water partition coefficient (Wildman–Crippen LogP) is 4.40. The van der Waals surface area contributed by atoms with Gasteiger partial charge in [0.1, 0.15) is 0 Å². The van der Waals surface area contributed by atoms with Crippen LogP contribution in [0.5, 0.6) is 0 Å². The second-order valence-electron chi connectivity index (χ2n) is 8.36. The third kappa shape index (κ3) is 4.65. The van der Waals surface area contributed by atoms with Crippen LogP contribution in [-0.2, 0) is 11.2 Å². The molecule has 1 aliphatic heterocycles. The topological polar surface area (TPSA) is 35.6 Å². The standard InChI is InChI=1S/C26H31N3O/c1-28(2)23-14-12-21(13-15-23)25(29-16-5-6-17-29)19-27-26(30)18-22-10-7-9-20-8-3-4-11-24(20)22/h3-4,7-15,25H,5-6,16-19H2,1-2H3,(H,27,30)/t25-/m1/s1. The van der Waals surface area contributed by atoms with Gasteiger partial charge in [0.15, 0.2) is 0 Å². The molecule has 1 N–H and O–H groups in total. The second-order valence-corrected chi connectivity index (χ2v) is 8.36. The van der Waals surface area contributed by atoms with Gasteiger partial charge in [0.2, 0.25) is 5.91 Å². The molecule has 0 spiro atoms. The highest BCUT2D eigenvalue weighted by molar-refractivity contribution is 5.90. The Morgan fingerprint density at radius 2 is 1.67 bits per heavy atom. The Kier molecular flexibility index (Phi) is 6.34. The summed E-state index contributed by atoms with van der Waals surface area (Å²) in [7, 11) is 4.11. The lowest BCUT2D eigenvalue weighted by molar-refractivity contribution is -0.120. The molecule has 4 nitrogen and oxygen atoms in total. The molecule has 1 atom stereocenters. The number of nitrogens with zero attached hydrogens (tertiary/aromatic N) is 2. The number of hydrogen-bond donors (Lipinski definition) is 1. The second kappa shape index (κ2) is 9.31. The fourth-order valence-corrected chi connectivity index (χ4v) is 4.40. The van der Waals surface area contributed by atoms with Crippen molar-refractivity contribution in [3.63, 3.8) is 0 Å². The Balaban J connectivity index is 1.46. The van der Waals surface area contributed by atoms with Gasteiger partial charge in [-0.25, -0.2) is 0 Å². The molecular formula is C26H31N3O. The Hall–Kier alpha value is -2.85. The number of anilines is 1. The first-order valence-electron chi connectivity index (χ1n) is 10.9. The van der Waals surface area contributed by atoms with E-state index in [2.05, 4.69) is 77.7 Å². The van der Waals surface area contributed by atoms with Gasteiger partial charge in [-0.1, -0.05) is 54.6 Å². The van der Waals surface area contributed by atoms with E-state index < -0.39 is 0 Å². The molecule has 0 bridgehead atoms. The van der Waals surface area contributed by atoms with Gasteiger partial charge < -0.3 is 10.2 Å². The molecule has 0 radical (unpaired) electrons. The zero-order valence-corrected chi connectivity index (χ0v) is 18.0. The summed E-state index contributed by atoms with van der Waals surface area (Å²) < 4.78 is 0. The maximum absolute atomic E-state index is 12.8. The lowest BCUT2D eigenvalue weighted by Gasteiger charge is -2.28. The van der Waals surface area contributed by atoms with Crippen molar-refractivity contribution in [3.8, 4) is 0 Å². The van der Waals surface area contributed by atoms with Crippen LogP contribution in [0.15, 0.2) is 66.7 Å². The van der Waals surface area contributed by atoms with Crippen molar-refractivity contribution >= 4 is 22.4 Å². The van der Waals surface area contributed by atoms with Crippen LogP contribution in [0.25, 0.3) is 10.8 Å². The van der Waals surface area contributed by atoms with Gasteiger partial charge in [-0.05, 0) is 60.0 Å². The smallest absolute Gasteiger partial charge is 0.224 e. The number of fused-ring (bicyclic) bond motifs is 1. The van der Waals surface area contributed by atoms with E-state index in [1.54, 1.807) is 0 Å². The summed E-state index contributed by atoms with van der Waals surface area (Å²) in [5.41, 5.74) is 3.55. The number of carbonyl (C=O) groups excluding carboxylic acids is 1. The van der Waals surface area contributed by atoms with Gasteiger partial charge >= 0.3 is 0 Å². The first-order chi connectivity index (χ1) is 14.6. The average molecular weight is 402 g/mol. The van der Waals surface area contributed by atoms with E-state index in [9.17, 15) is 4.79 Å². The number of rotatable bonds is 7. The number of amides is 1. The van der Waals surface area contributed by atoms with E-state index in [1.807, 2.05) is 18.2 Å². The molecule has 1 saturated heterocycles. The minimum atomic E-state index is 0.0838. The molecule has 4 rings (SSSR count). The van der Waals surface area contributed by atoms with E-state index in [0.717, 1.165) is 24.0 Å². The molecule has 1 aliphatic rings. The molecular weight excluding hydrogens is 370 g/mol. The molecule has 0 aliphatic carbocycles. The van der Waals surface area contributed by atoms with E-state index in [-0.39, 0.29) is 11.9 Å². The average Bonchev–Trinajstić information content (AvgIpc) is 3.29. The van der Waals surface area contributed by atoms with Gasteiger partial charge in [-0.2, -0.15) is 0 Å². The lowest BCUT2D eigenvalue weighted by Crippen LogP contribution is -2.37. The van der Waals surface area contributed by atoms with Crippen LogP contribution in [-0.4, -0.2) is 44.5 Å². The maximum Gasteiger partial charge on any atom is 0.224 e. The van der Waals surface area contributed by atoms with Gasteiger partial charge in [-0.15, -0.1) is 0 Å². The highest BCUT2D eigenvalue weighted by Gasteiger charge is 2.24. The summed E-state index contributed by atoms with van der Waals surface area (Å²) in [6.45, 7) is 2.84. The number of carbonyl (C=O) groups is 1. The van der Waals surface area contributed by atoms with Crippen LogP contribution >= 0.6 is 0 Å². The van der Waals surface area contributed by atoms with E-state index in [1.165, 1.54) is 29.5 Å². The number of nitrogens with one attached hydrogen (secondary N) is 1. The fourth-order valence-electron chi connectivity index (χ4n) is 4.40. The minimum absolute atomic E-state index is 0.0838. The molecule has 30 heavy (non-hydrogen) atoms. The van der Waals surface area contributed by atoms with Crippen LogP contribution < -0.4 is 10.2 Å². The van der Waals surface area contributed by atoms with Gasteiger partial charge in [0, 0.05) is 26.3 Å². The van der Waals surface area contributed by atoms with Crippen molar-refractivity contribution < 1.29 is 4.79 Å². The van der Waals surface area contributed by atoms with E-state index in [0.29, 0.717) is 13.0 Å². The quantitative estimate of drug-likeness (QED) is 0.637. The highest BCUT2D eigenvalue weighted by Crippen LogP contribution is 2.26. The molecule has 1 fully saturated rings. The van der Waals surface area contributed by atoms with Crippen LogP contribution in [0.1, 0.15) is 30.0 Å². The van der Waals surface area contributed by atoms with Crippen LogP contribution in [0, 0.1) is 0 Å². The Labute approximate surface area is 179 Å². The fraction of sp³-hybridized carbons (Fsp3) is 0.346. The molecule has 1 amide bonds. The SMILES string of the molecule is CN(C)c1ccc([C@@H](CNC(=O)Cc2cccc3ccccc23)N2CCCC2)cc1. The lowest BCUT2D eigenvalue weighted by atomic mass is 10.0. The van der Waals surface area contributed by atoms with Gasteiger partial charge in [-0.3, -0.25) is 9.69 Å². The van der Waals surface area contributed by atoms with Crippen molar-refractivity contribution in [1.29, 1.82) is 0 Å². The third-order valence-corrected chi connectivity index (χ3v) is 6.10. The molecule has 4 heteroatoms. The van der Waals surface area contributed by atoms with E-state index >= 15 is 0 Å². The molecule has 156 valence electrons. The maximum atomic E-state index is 12.8. The first-order valence-corrected chi connectivity index (χ1v) is 10.9. The van der Waals surface area contributed by atoms with E-state index in [4.69, 9.17) is 0 Å². The monoisotopic (exact) mass is 401 g/mol.